The van der Waals surface area contributed by atoms with Crippen LogP contribution in [0.5, 0.6) is 0 Å². The van der Waals surface area contributed by atoms with Crippen LogP contribution in [0.2, 0.25) is 0 Å². The van der Waals surface area contributed by atoms with Crippen LogP contribution in [-0.2, 0) is 12.8 Å². The van der Waals surface area contributed by atoms with E-state index in [2.05, 4.69) is 15.5 Å². The summed E-state index contributed by atoms with van der Waals surface area (Å²) < 4.78 is 4.91. The summed E-state index contributed by atoms with van der Waals surface area (Å²) in [6.07, 6.45) is 2.67. The van der Waals surface area contributed by atoms with E-state index in [1.54, 1.807) is 13.0 Å². The highest BCUT2D eigenvalue weighted by molar-refractivity contribution is 7.15. The fourth-order valence-corrected chi connectivity index (χ4v) is 3.18. The lowest BCUT2D eigenvalue weighted by atomic mass is 9.99. The summed E-state index contributed by atoms with van der Waals surface area (Å²) in [7, 11) is 0. The number of carbonyl (C=O) groups excluding carboxylic acids is 1. The highest BCUT2D eigenvalue weighted by Gasteiger charge is 2.21. The fraction of sp³-hybridized carbons (Fsp3) is 0.417. The van der Waals surface area contributed by atoms with E-state index < -0.39 is 0 Å². The van der Waals surface area contributed by atoms with Gasteiger partial charge in [-0.05, 0) is 26.2 Å². The minimum Gasteiger partial charge on any atom is -0.351 e. The molecule has 3 rings (SSSR count). The SMILES string of the molecule is Cc1cc(C(=O)Nc2nc3c(s2)C[C@@H](N)CC3)on1. The first-order valence-corrected chi connectivity index (χ1v) is 6.92. The van der Waals surface area contributed by atoms with Gasteiger partial charge in [-0.25, -0.2) is 4.98 Å². The van der Waals surface area contributed by atoms with Gasteiger partial charge in [-0.2, -0.15) is 0 Å². The van der Waals surface area contributed by atoms with Crippen LogP contribution in [0.25, 0.3) is 0 Å². The molecule has 7 heteroatoms. The molecule has 0 aliphatic heterocycles. The molecule has 1 atom stereocenters. The summed E-state index contributed by atoms with van der Waals surface area (Å²) >= 11 is 1.48. The molecule has 0 unspecified atom stereocenters. The minimum absolute atomic E-state index is 0.197. The second-order valence-corrected chi connectivity index (χ2v) is 5.76. The Kier molecular flexibility index (Phi) is 3.08. The molecule has 0 fully saturated rings. The number of nitrogens with two attached hydrogens (primary N) is 1. The normalized spacial score (nSPS) is 18.1. The van der Waals surface area contributed by atoms with Crippen LogP contribution in [0.1, 0.15) is 33.2 Å². The maximum Gasteiger partial charge on any atom is 0.296 e. The first kappa shape index (κ1) is 12.3. The van der Waals surface area contributed by atoms with Gasteiger partial charge in [0.25, 0.3) is 5.91 Å². The number of aryl methyl sites for hydroxylation is 2. The Balaban J connectivity index is 1.75. The molecule has 6 nitrogen and oxygen atoms in total. The van der Waals surface area contributed by atoms with Gasteiger partial charge >= 0.3 is 0 Å². The van der Waals surface area contributed by atoms with Gasteiger partial charge in [0.15, 0.2) is 5.13 Å². The zero-order valence-electron chi connectivity index (χ0n) is 10.5. The van der Waals surface area contributed by atoms with Crippen molar-refractivity contribution >= 4 is 22.4 Å². The van der Waals surface area contributed by atoms with Gasteiger partial charge < -0.3 is 10.3 Å². The van der Waals surface area contributed by atoms with Crippen LogP contribution in [0, 0.1) is 6.92 Å². The van der Waals surface area contributed by atoms with Crippen LogP contribution in [0.15, 0.2) is 10.6 Å². The zero-order chi connectivity index (χ0) is 13.4. The number of amides is 1. The van der Waals surface area contributed by atoms with Crippen molar-refractivity contribution in [2.24, 2.45) is 5.73 Å². The van der Waals surface area contributed by atoms with E-state index in [0.29, 0.717) is 10.8 Å². The molecule has 0 saturated heterocycles. The third kappa shape index (κ3) is 2.52. The largest absolute Gasteiger partial charge is 0.351 e. The first-order valence-electron chi connectivity index (χ1n) is 6.10. The Morgan fingerprint density at radius 2 is 2.47 bits per heavy atom. The topological polar surface area (TPSA) is 94.0 Å². The zero-order valence-corrected chi connectivity index (χ0v) is 11.3. The molecule has 1 aliphatic carbocycles. The summed E-state index contributed by atoms with van der Waals surface area (Å²) in [6, 6.07) is 1.80. The molecule has 19 heavy (non-hydrogen) atoms. The Hall–Kier alpha value is -1.73. The van der Waals surface area contributed by atoms with Crippen molar-refractivity contribution in [1.29, 1.82) is 0 Å². The molecule has 1 amide bonds. The summed E-state index contributed by atoms with van der Waals surface area (Å²) in [6.45, 7) is 1.77. The van der Waals surface area contributed by atoms with Crippen LogP contribution in [-0.4, -0.2) is 22.1 Å². The lowest BCUT2D eigenvalue weighted by Gasteiger charge is -2.15. The number of hydrogen-bond acceptors (Lipinski definition) is 6. The molecule has 1 aliphatic rings. The van der Waals surface area contributed by atoms with E-state index in [0.717, 1.165) is 25.0 Å². The molecule has 0 aromatic carbocycles. The number of hydrogen-bond donors (Lipinski definition) is 2. The Bertz CT molecular complexity index is 619. The first-order chi connectivity index (χ1) is 9.11. The molecule has 0 bridgehead atoms. The van der Waals surface area contributed by atoms with Crippen LogP contribution in [0.3, 0.4) is 0 Å². The van der Waals surface area contributed by atoms with Crippen molar-refractivity contribution in [1.82, 2.24) is 10.1 Å². The maximum absolute atomic E-state index is 11.9. The highest BCUT2D eigenvalue weighted by Crippen LogP contribution is 2.29. The van der Waals surface area contributed by atoms with Crippen LogP contribution < -0.4 is 11.1 Å². The molecule has 2 heterocycles. The molecule has 2 aromatic heterocycles. The summed E-state index contributed by atoms with van der Waals surface area (Å²) in [5.41, 5.74) is 7.65. The summed E-state index contributed by atoms with van der Waals surface area (Å²) in [5, 5.41) is 7.02. The summed E-state index contributed by atoms with van der Waals surface area (Å²) in [4.78, 5) is 17.5. The number of nitrogens with zero attached hydrogens (tertiary/aromatic N) is 2. The van der Waals surface area contributed by atoms with Crippen molar-refractivity contribution in [3.63, 3.8) is 0 Å². The predicted molar refractivity (Wildman–Crippen MR) is 71.3 cm³/mol. The number of nitrogens with one attached hydrogen (secondary N) is 1. The lowest BCUT2D eigenvalue weighted by Crippen LogP contribution is -2.27. The Labute approximate surface area is 114 Å². The number of thiazole rings is 1. The quantitative estimate of drug-likeness (QED) is 0.868. The van der Waals surface area contributed by atoms with Gasteiger partial charge in [0.05, 0.1) is 11.4 Å². The fourth-order valence-electron chi connectivity index (χ4n) is 2.08. The molecule has 0 spiro atoms. The van der Waals surface area contributed by atoms with E-state index in [-0.39, 0.29) is 17.7 Å². The van der Waals surface area contributed by atoms with E-state index in [1.165, 1.54) is 16.2 Å². The van der Waals surface area contributed by atoms with E-state index in [4.69, 9.17) is 10.3 Å². The van der Waals surface area contributed by atoms with Crippen LogP contribution in [0.4, 0.5) is 5.13 Å². The number of aromatic nitrogens is 2. The molecule has 100 valence electrons. The average Bonchev–Trinajstić information content (AvgIpc) is 2.94. The van der Waals surface area contributed by atoms with Crippen molar-refractivity contribution < 1.29 is 9.32 Å². The van der Waals surface area contributed by atoms with E-state index in [1.807, 2.05) is 0 Å². The number of fused-ring (bicyclic) bond motifs is 1. The molecule has 2 aromatic rings. The van der Waals surface area contributed by atoms with Crippen LogP contribution >= 0.6 is 11.3 Å². The number of rotatable bonds is 2. The second kappa shape index (κ2) is 4.75. The Morgan fingerprint density at radius 3 is 3.21 bits per heavy atom. The molecular weight excluding hydrogens is 264 g/mol. The standard InChI is InChI=1S/C12H14N4O2S/c1-6-4-9(18-16-6)11(17)15-12-14-8-3-2-7(13)5-10(8)19-12/h4,7H,2-3,5,13H2,1H3,(H,14,15,17)/t7-/m0/s1. The molecule has 0 saturated carbocycles. The van der Waals surface area contributed by atoms with Crippen molar-refractivity contribution in [3.05, 3.63) is 28.1 Å². The monoisotopic (exact) mass is 278 g/mol. The van der Waals surface area contributed by atoms with E-state index in [9.17, 15) is 4.79 Å². The van der Waals surface area contributed by atoms with Gasteiger partial charge in [0, 0.05) is 17.0 Å². The average molecular weight is 278 g/mol. The van der Waals surface area contributed by atoms with Gasteiger partial charge in [-0.1, -0.05) is 5.16 Å². The lowest BCUT2D eigenvalue weighted by molar-refractivity contribution is 0.0988. The number of carbonyl (C=O) groups is 1. The summed E-state index contributed by atoms with van der Waals surface area (Å²) in [5.74, 6) is -0.127. The van der Waals surface area contributed by atoms with Gasteiger partial charge in [0.1, 0.15) is 0 Å². The molecule has 0 radical (unpaired) electrons. The second-order valence-electron chi connectivity index (χ2n) is 4.68. The molecular formula is C12H14N4O2S. The third-order valence-corrected chi connectivity index (χ3v) is 4.09. The number of anilines is 1. The molecule has 3 N–H and O–H groups in total. The van der Waals surface area contributed by atoms with Gasteiger partial charge in [-0.15, -0.1) is 11.3 Å². The predicted octanol–water partition coefficient (Wildman–Crippen LogP) is 1.51. The Morgan fingerprint density at radius 1 is 1.63 bits per heavy atom. The van der Waals surface area contributed by atoms with E-state index >= 15 is 0 Å². The maximum atomic E-state index is 11.9. The third-order valence-electron chi connectivity index (χ3n) is 3.05. The highest BCUT2D eigenvalue weighted by atomic mass is 32.1. The smallest absolute Gasteiger partial charge is 0.296 e. The van der Waals surface area contributed by atoms with Gasteiger partial charge in [0.2, 0.25) is 5.76 Å². The minimum atomic E-state index is -0.323. The van der Waals surface area contributed by atoms with Crippen molar-refractivity contribution in [3.8, 4) is 0 Å². The van der Waals surface area contributed by atoms with Gasteiger partial charge in [-0.3, -0.25) is 10.1 Å². The van der Waals surface area contributed by atoms with Crippen molar-refractivity contribution in [2.75, 3.05) is 5.32 Å². The van der Waals surface area contributed by atoms with Crippen molar-refractivity contribution in [2.45, 2.75) is 32.2 Å².